The maximum absolute atomic E-state index is 12.0. The lowest BCUT2D eigenvalue weighted by molar-refractivity contribution is -0.116. The molecule has 1 aliphatic rings. The Balaban J connectivity index is 2.10. The summed E-state index contributed by atoms with van der Waals surface area (Å²) < 4.78 is 0. The number of carbonyl (C=O) groups is 3. The van der Waals surface area contributed by atoms with E-state index in [4.69, 9.17) is 0 Å². The van der Waals surface area contributed by atoms with E-state index in [1.54, 1.807) is 31.3 Å². The van der Waals surface area contributed by atoms with Gasteiger partial charge in [0, 0.05) is 19.0 Å². The molecule has 0 fully saturated rings. The maximum atomic E-state index is 12.0. The molecule has 0 bridgehead atoms. The standard InChI is InChI=1S/C13H12N2O3/c1-15-11(13(18)10(8-16)14-15)7-12(17)9-5-3-2-4-6-9/h2-6,8,11H,7H2,1H3. The predicted molar refractivity (Wildman–Crippen MR) is 65.4 cm³/mol. The van der Waals surface area contributed by atoms with Crippen LogP contribution in [0.5, 0.6) is 0 Å². The van der Waals surface area contributed by atoms with Crippen LogP contribution in [0.15, 0.2) is 35.4 Å². The van der Waals surface area contributed by atoms with Crippen molar-refractivity contribution >= 4 is 23.6 Å². The predicted octanol–water partition coefficient (Wildman–Crippen LogP) is 0.697. The minimum absolute atomic E-state index is 0.0280. The molecule has 1 heterocycles. The molecule has 0 aliphatic carbocycles. The summed E-state index contributed by atoms with van der Waals surface area (Å²) in [6, 6.07) is 8.07. The third kappa shape index (κ3) is 2.20. The summed E-state index contributed by atoms with van der Waals surface area (Å²) in [4.78, 5) is 34.3. The normalized spacial score (nSPS) is 18.7. The maximum Gasteiger partial charge on any atom is 0.210 e. The molecule has 0 aromatic heterocycles. The zero-order valence-electron chi connectivity index (χ0n) is 9.87. The number of hydrogen-bond acceptors (Lipinski definition) is 5. The molecule has 1 aromatic carbocycles. The highest BCUT2D eigenvalue weighted by molar-refractivity contribution is 6.62. The fourth-order valence-corrected chi connectivity index (χ4v) is 1.85. The van der Waals surface area contributed by atoms with Crippen LogP contribution in [-0.2, 0) is 9.59 Å². The fourth-order valence-electron chi connectivity index (χ4n) is 1.85. The third-order valence-electron chi connectivity index (χ3n) is 2.86. The molecule has 5 nitrogen and oxygen atoms in total. The van der Waals surface area contributed by atoms with Crippen molar-refractivity contribution in [3.05, 3.63) is 35.9 Å². The molecule has 0 amide bonds. The van der Waals surface area contributed by atoms with Crippen molar-refractivity contribution < 1.29 is 14.4 Å². The van der Waals surface area contributed by atoms with Gasteiger partial charge in [-0.2, -0.15) is 5.10 Å². The van der Waals surface area contributed by atoms with Gasteiger partial charge < -0.3 is 0 Å². The first kappa shape index (κ1) is 12.2. The highest BCUT2D eigenvalue weighted by atomic mass is 16.2. The number of aldehydes is 1. The van der Waals surface area contributed by atoms with Gasteiger partial charge in [0.05, 0.1) is 0 Å². The number of rotatable bonds is 4. The lowest BCUT2D eigenvalue weighted by Gasteiger charge is -2.16. The Kier molecular flexibility index (Phi) is 3.32. The van der Waals surface area contributed by atoms with E-state index in [0.29, 0.717) is 11.8 Å². The molecule has 92 valence electrons. The molecule has 18 heavy (non-hydrogen) atoms. The first-order chi connectivity index (χ1) is 8.63. The average molecular weight is 244 g/mol. The van der Waals surface area contributed by atoms with Crippen LogP contribution in [0, 0.1) is 0 Å². The number of likely N-dealkylation sites (N-methyl/N-ethyl adjacent to an activating group) is 1. The summed E-state index contributed by atoms with van der Waals surface area (Å²) >= 11 is 0. The van der Waals surface area contributed by atoms with Crippen molar-refractivity contribution in [1.82, 2.24) is 5.01 Å². The largest absolute Gasteiger partial charge is 0.296 e. The number of ketones is 2. The number of hydrazone groups is 1. The molecular weight excluding hydrogens is 232 g/mol. The quantitative estimate of drug-likeness (QED) is 0.577. The van der Waals surface area contributed by atoms with Crippen molar-refractivity contribution in [3.8, 4) is 0 Å². The lowest BCUT2D eigenvalue weighted by Crippen LogP contribution is -2.33. The zero-order chi connectivity index (χ0) is 13.1. The summed E-state index contributed by atoms with van der Waals surface area (Å²) in [6.45, 7) is 0. The first-order valence-corrected chi connectivity index (χ1v) is 5.52. The van der Waals surface area contributed by atoms with E-state index in [0.717, 1.165) is 0 Å². The Bertz CT molecular complexity index is 522. The van der Waals surface area contributed by atoms with E-state index >= 15 is 0 Å². The summed E-state index contributed by atoms with van der Waals surface area (Å²) in [6.07, 6.45) is 0.450. The minimum atomic E-state index is -0.669. The van der Waals surface area contributed by atoms with Crippen molar-refractivity contribution in [3.63, 3.8) is 0 Å². The van der Waals surface area contributed by atoms with Gasteiger partial charge in [0.1, 0.15) is 6.04 Å². The molecule has 0 radical (unpaired) electrons. The average Bonchev–Trinajstić information content (AvgIpc) is 2.67. The van der Waals surface area contributed by atoms with Gasteiger partial charge in [0.2, 0.25) is 5.78 Å². The van der Waals surface area contributed by atoms with Crippen LogP contribution < -0.4 is 0 Å². The molecule has 0 saturated carbocycles. The molecule has 1 unspecified atom stereocenters. The van der Waals surface area contributed by atoms with Gasteiger partial charge in [-0.1, -0.05) is 30.3 Å². The van der Waals surface area contributed by atoms with Gasteiger partial charge in [-0.25, -0.2) is 0 Å². The Morgan fingerprint density at radius 1 is 1.39 bits per heavy atom. The van der Waals surface area contributed by atoms with Crippen molar-refractivity contribution in [2.75, 3.05) is 7.05 Å². The Labute approximate surface area is 104 Å². The smallest absolute Gasteiger partial charge is 0.210 e. The number of carbonyl (C=O) groups excluding carboxylic acids is 3. The van der Waals surface area contributed by atoms with E-state index in [1.807, 2.05) is 6.07 Å². The number of nitrogens with zero attached hydrogens (tertiary/aromatic N) is 2. The van der Waals surface area contributed by atoms with E-state index in [9.17, 15) is 14.4 Å². The molecule has 1 aliphatic heterocycles. The van der Waals surface area contributed by atoms with E-state index in [2.05, 4.69) is 5.10 Å². The van der Waals surface area contributed by atoms with E-state index in [-0.39, 0.29) is 17.9 Å². The Morgan fingerprint density at radius 2 is 2.06 bits per heavy atom. The number of Topliss-reactive ketones (excluding diaryl/α,β-unsaturated/α-hetero) is 2. The molecule has 5 heteroatoms. The summed E-state index contributed by atoms with van der Waals surface area (Å²) in [5, 5.41) is 5.16. The molecular formula is C13H12N2O3. The fraction of sp³-hybridized carbons (Fsp3) is 0.231. The second-order valence-corrected chi connectivity index (χ2v) is 4.05. The number of hydrogen-bond donors (Lipinski definition) is 0. The first-order valence-electron chi connectivity index (χ1n) is 5.52. The Morgan fingerprint density at radius 3 is 2.61 bits per heavy atom. The van der Waals surface area contributed by atoms with Gasteiger partial charge in [-0.3, -0.25) is 19.4 Å². The van der Waals surface area contributed by atoms with Gasteiger partial charge in [-0.15, -0.1) is 0 Å². The van der Waals surface area contributed by atoms with Crippen LogP contribution in [0.2, 0.25) is 0 Å². The second kappa shape index (κ2) is 4.91. The minimum Gasteiger partial charge on any atom is -0.296 e. The van der Waals surface area contributed by atoms with Crippen LogP contribution in [0.1, 0.15) is 16.8 Å². The monoisotopic (exact) mass is 244 g/mol. The van der Waals surface area contributed by atoms with Crippen LogP contribution in [-0.4, -0.2) is 41.7 Å². The molecule has 0 N–H and O–H groups in total. The van der Waals surface area contributed by atoms with Crippen molar-refractivity contribution in [2.24, 2.45) is 5.10 Å². The number of benzene rings is 1. The molecule has 0 saturated heterocycles. The Hall–Kier alpha value is -2.30. The summed E-state index contributed by atoms with van der Waals surface area (Å²) in [5.74, 6) is -0.528. The third-order valence-corrected chi connectivity index (χ3v) is 2.86. The van der Waals surface area contributed by atoms with Crippen molar-refractivity contribution in [2.45, 2.75) is 12.5 Å². The van der Waals surface area contributed by atoms with Crippen LogP contribution >= 0.6 is 0 Å². The second-order valence-electron chi connectivity index (χ2n) is 4.05. The SMILES string of the molecule is CN1N=C(C=O)C(=O)C1CC(=O)c1ccccc1. The van der Waals surface area contributed by atoms with Crippen LogP contribution in [0.4, 0.5) is 0 Å². The zero-order valence-corrected chi connectivity index (χ0v) is 9.87. The summed E-state index contributed by atoms with van der Waals surface area (Å²) in [5.41, 5.74) is 0.432. The molecule has 2 rings (SSSR count). The lowest BCUT2D eigenvalue weighted by atomic mass is 10.00. The molecule has 1 aromatic rings. The van der Waals surface area contributed by atoms with Gasteiger partial charge in [0.25, 0.3) is 0 Å². The van der Waals surface area contributed by atoms with Crippen LogP contribution in [0.25, 0.3) is 0 Å². The highest BCUT2D eigenvalue weighted by Gasteiger charge is 2.34. The molecule has 1 atom stereocenters. The van der Waals surface area contributed by atoms with E-state index in [1.165, 1.54) is 5.01 Å². The van der Waals surface area contributed by atoms with Crippen molar-refractivity contribution in [1.29, 1.82) is 0 Å². The topological polar surface area (TPSA) is 66.8 Å². The summed E-state index contributed by atoms with van der Waals surface area (Å²) in [7, 11) is 1.58. The highest BCUT2D eigenvalue weighted by Crippen LogP contribution is 2.15. The van der Waals surface area contributed by atoms with Gasteiger partial charge in [-0.05, 0) is 0 Å². The van der Waals surface area contributed by atoms with Gasteiger partial charge >= 0.3 is 0 Å². The molecule has 0 spiro atoms. The van der Waals surface area contributed by atoms with Gasteiger partial charge in [0.15, 0.2) is 17.8 Å². The van der Waals surface area contributed by atoms with Crippen LogP contribution in [0.3, 0.4) is 0 Å². The van der Waals surface area contributed by atoms with E-state index < -0.39 is 11.8 Å².